The summed E-state index contributed by atoms with van der Waals surface area (Å²) in [5.41, 5.74) is 0.814. The van der Waals surface area contributed by atoms with Gasteiger partial charge in [0, 0.05) is 13.1 Å². The standard InChI is InChI=1S/C19H28NO5P/c1-4-24-26(22,25-5-2)18(15-19(21)20-12-6-7-13-20)14-16-8-10-17(23-3)11-9-16/h8-11,14H,4-7,12-13,15H2,1-3H3/b18-14+. The molecular weight excluding hydrogens is 353 g/mol. The van der Waals surface area contributed by atoms with Gasteiger partial charge in [0.05, 0.1) is 32.1 Å². The molecule has 26 heavy (non-hydrogen) atoms. The molecule has 1 aliphatic heterocycles. The van der Waals surface area contributed by atoms with Gasteiger partial charge in [0.15, 0.2) is 0 Å². The van der Waals surface area contributed by atoms with Crippen molar-refractivity contribution in [2.45, 2.75) is 33.1 Å². The Labute approximate surface area is 155 Å². The van der Waals surface area contributed by atoms with Crippen LogP contribution in [-0.2, 0) is 18.4 Å². The average molecular weight is 381 g/mol. The highest BCUT2D eigenvalue weighted by Crippen LogP contribution is 2.58. The zero-order chi connectivity index (χ0) is 19.0. The number of nitrogens with zero attached hydrogens (tertiary/aromatic N) is 1. The number of hydrogen-bond acceptors (Lipinski definition) is 5. The molecule has 0 radical (unpaired) electrons. The highest BCUT2D eigenvalue weighted by Gasteiger charge is 2.32. The van der Waals surface area contributed by atoms with Crippen molar-refractivity contribution in [3.63, 3.8) is 0 Å². The van der Waals surface area contributed by atoms with Gasteiger partial charge in [-0.2, -0.15) is 0 Å². The monoisotopic (exact) mass is 381 g/mol. The van der Waals surface area contributed by atoms with Crippen molar-refractivity contribution in [1.82, 2.24) is 4.90 Å². The highest BCUT2D eigenvalue weighted by molar-refractivity contribution is 7.58. The molecule has 0 aliphatic carbocycles. The van der Waals surface area contributed by atoms with Gasteiger partial charge in [-0.15, -0.1) is 0 Å². The first-order valence-electron chi connectivity index (χ1n) is 9.04. The fourth-order valence-electron chi connectivity index (χ4n) is 2.90. The molecule has 0 spiro atoms. The third-order valence-corrected chi connectivity index (χ3v) is 6.38. The summed E-state index contributed by atoms with van der Waals surface area (Å²) in [6.45, 7) is 5.52. The summed E-state index contributed by atoms with van der Waals surface area (Å²) in [6, 6.07) is 7.33. The van der Waals surface area contributed by atoms with Crippen LogP contribution in [0.1, 0.15) is 38.7 Å². The van der Waals surface area contributed by atoms with Crippen molar-refractivity contribution in [3.05, 3.63) is 35.1 Å². The van der Waals surface area contributed by atoms with E-state index < -0.39 is 7.60 Å². The van der Waals surface area contributed by atoms with E-state index in [2.05, 4.69) is 0 Å². The molecule has 0 bridgehead atoms. The van der Waals surface area contributed by atoms with Crippen LogP contribution < -0.4 is 4.74 Å². The minimum absolute atomic E-state index is 0.0311. The van der Waals surface area contributed by atoms with E-state index in [0.29, 0.717) is 5.31 Å². The second kappa shape index (κ2) is 9.91. The molecule has 1 fully saturated rings. The van der Waals surface area contributed by atoms with Gasteiger partial charge in [-0.3, -0.25) is 9.36 Å². The van der Waals surface area contributed by atoms with E-state index >= 15 is 0 Å². The molecule has 1 amide bonds. The molecule has 2 rings (SSSR count). The maximum absolute atomic E-state index is 13.3. The summed E-state index contributed by atoms with van der Waals surface area (Å²) in [5.74, 6) is 0.691. The fraction of sp³-hybridized carbons (Fsp3) is 0.526. The third kappa shape index (κ3) is 5.44. The Bertz CT molecular complexity index is 655. The molecule has 0 atom stereocenters. The molecule has 6 nitrogen and oxygen atoms in total. The van der Waals surface area contributed by atoms with Crippen molar-refractivity contribution >= 4 is 19.6 Å². The van der Waals surface area contributed by atoms with Gasteiger partial charge in [0.1, 0.15) is 5.75 Å². The first-order valence-corrected chi connectivity index (χ1v) is 10.6. The topological polar surface area (TPSA) is 65.1 Å². The van der Waals surface area contributed by atoms with Crippen molar-refractivity contribution < 1.29 is 23.1 Å². The molecule has 144 valence electrons. The normalized spacial score (nSPS) is 15.3. The van der Waals surface area contributed by atoms with Gasteiger partial charge >= 0.3 is 7.60 Å². The van der Waals surface area contributed by atoms with E-state index in [1.165, 1.54) is 0 Å². The molecule has 1 heterocycles. The number of benzene rings is 1. The predicted octanol–water partition coefficient (Wildman–Crippen LogP) is 4.31. The Kier molecular flexibility index (Phi) is 7.88. The second-order valence-corrected chi connectivity index (χ2v) is 8.09. The van der Waals surface area contributed by atoms with E-state index in [1.54, 1.807) is 27.0 Å². The van der Waals surface area contributed by atoms with Crippen molar-refractivity contribution in [3.8, 4) is 5.75 Å². The molecule has 0 N–H and O–H groups in total. The van der Waals surface area contributed by atoms with E-state index in [-0.39, 0.29) is 25.5 Å². The van der Waals surface area contributed by atoms with Crippen LogP contribution >= 0.6 is 7.60 Å². The summed E-state index contributed by atoms with van der Waals surface area (Å²) in [6.07, 6.45) is 3.79. The molecule has 1 saturated heterocycles. The van der Waals surface area contributed by atoms with Crippen LogP contribution in [0, 0.1) is 0 Å². The lowest BCUT2D eigenvalue weighted by Gasteiger charge is -2.22. The Balaban J connectivity index is 2.33. The van der Waals surface area contributed by atoms with Crippen LogP contribution in [0.5, 0.6) is 5.75 Å². The molecule has 1 aliphatic rings. The number of amides is 1. The largest absolute Gasteiger partial charge is 0.497 e. The first-order chi connectivity index (χ1) is 12.5. The Morgan fingerprint density at radius 1 is 1.12 bits per heavy atom. The zero-order valence-electron chi connectivity index (χ0n) is 15.8. The lowest BCUT2D eigenvalue weighted by atomic mass is 10.2. The van der Waals surface area contributed by atoms with Crippen LogP contribution in [0.3, 0.4) is 0 Å². The van der Waals surface area contributed by atoms with Gasteiger partial charge in [-0.05, 0) is 50.5 Å². The molecule has 7 heteroatoms. The minimum Gasteiger partial charge on any atom is -0.497 e. The maximum Gasteiger partial charge on any atom is 0.357 e. The molecule has 1 aromatic carbocycles. The van der Waals surface area contributed by atoms with Crippen molar-refractivity contribution in [2.75, 3.05) is 33.4 Å². The molecule has 0 saturated carbocycles. The van der Waals surface area contributed by atoms with Crippen LogP contribution in [0.2, 0.25) is 0 Å². The zero-order valence-corrected chi connectivity index (χ0v) is 16.7. The van der Waals surface area contributed by atoms with Crippen molar-refractivity contribution in [2.24, 2.45) is 0 Å². The van der Waals surface area contributed by atoms with Gasteiger partial charge < -0.3 is 18.7 Å². The SMILES string of the molecule is CCOP(=O)(OCC)/C(=C/c1ccc(OC)cc1)CC(=O)N1CCCC1. The number of likely N-dealkylation sites (tertiary alicyclic amines) is 1. The summed E-state index contributed by atoms with van der Waals surface area (Å²) in [5, 5.41) is 0.392. The molecular formula is C19H28NO5P. The van der Waals surface area contributed by atoms with E-state index in [9.17, 15) is 9.36 Å². The summed E-state index contributed by atoms with van der Waals surface area (Å²) in [4.78, 5) is 14.4. The van der Waals surface area contributed by atoms with Crippen LogP contribution in [0.25, 0.3) is 6.08 Å². The van der Waals surface area contributed by atoms with Crippen molar-refractivity contribution in [1.29, 1.82) is 0 Å². The van der Waals surface area contributed by atoms with Gasteiger partial charge in [0.2, 0.25) is 5.91 Å². The second-order valence-electron chi connectivity index (χ2n) is 6.01. The summed E-state index contributed by atoms with van der Waals surface area (Å²) >= 11 is 0. The quantitative estimate of drug-likeness (QED) is 0.596. The number of hydrogen-bond donors (Lipinski definition) is 0. The Morgan fingerprint density at radius 2 is 1.69 bits per heavy atom. The van der Waals surface area contributed by atoms with Crippen LogP contribution in [0.4, 0.5) is 0 Å². The predicted molar refractivity (Wildman–Crippen MR) is 102 cm³/mol. The lowest BCUT2D eigenvalue weighted by molar-refractivity contribution is -0.129. The number of carbonyl (C=O) groups excluding carboxylic acids is 1. The number of methoxy groups -OCH3 is 1. The Morgan fingerprint density at radius 3 is 2.19 bits per heavy atom. The van der Waals surface area contributed by atoms with Gasteiger partial charge in [0.25, 0.3) is 0 Å². The molecule has 0 unspecified atom stereocenters. The minimum atomic E-state index is -3.53. The fourth-order valence-corrected chi connectivity index (χ4v) is 4.62. The third-order valence-electron chi connectivity index (χ3n) is 4.19. The van der Waals surface area contributed by atoms with Crippen LogP contribution in [-0.4, -0.2) is 44.2 Å². The number of rotatable bonds is 9. The van der Waals surface area contributed by atoms with Gasteiger partial charge in [-0.25, -0.2) is 0 Å². The smallest absolute Gasteiger partial charge is 0.357 e. The van der Waals surface area contributed by atoms with E-state index in [4.69, 9.17) is 13.8 Å². The average Bonchev–Trinajstić information content (AvgIpc) is 3.17. The Hall–Kier alpha value is -1.62. The number of carbonyl (C=O) groups is 1. The summed E-state index contributed by atoms with van der Waals surface area (Å²) in [7, 11) is -1.92. The van der Waals surface area contributed by atoms with Gasteiger partial charge in [-0.1, -0.05) is 12.1 Å². The lowest BCUT2D eigenvalue weighted by Crippen LogP contribution is -2.27. The first kappa shape index (κ1) is 20.7. The van der Waals surface area contributed by atoms with Crippen LogP contribution in [0.15, 0.2) is 29.6 Å². The van der Waals surface area contributed by atoms with E-state index in [1.807, 2.05) is 29.2 Å². The summed E-state index contributed by atoms with van der Waals surface area (Å²) < 4.78 is 29.4. The maximum atomic E-state index is 13.3. The molecule has 0 aromatic heterocycles. The highest BCUT2D eigenvalue weighted by atomic mass is 31.2. The molecule has 1 aromatic rings. The van der Waals surface area contributed by atoms with E-state index in [0.717, 1.165) is 37.2 Å². The number of ether oxygens (including phenoxy) is 1.